The minimum Gasteiger partial charge on any atom is -0.444 e. The molecule has 0 amide bonds. The molecule has 2 aromatic heterocycles. The summed E-state index contributed by atoms with van der Waals surface area (Å²) in [4.78, 5) is 8.32. The molecule has 21 heavy (non-hydrogen) atoms. The second-order valence-corrected chi connectivity index (χ2v) is 5.05. The highest BCUT2D eigenvalue weighted by Crippen LogP contribution is 2.22. The number of rotatable bonds is 4. The molecule has 0 N–H and O–H groups in total. The lowest BCUT2D eigenvalue weighted by atomic mass is 10.3. The van der Waals surface area contributed by atoms with E-state index in [0.717, 1.165) is 6.07 Å². The van der Waals surface area contributed by atoms with Crippen LogP contribution in [0.4, 0.5) is 8.78 Å². The third-order valence-electron chi connectivity index (χ3n) is 3.13. The topological polar surface area (TPSA) is 43.9 Å². The van der Waals surface area contributed by atoms with Crippen LogP contribution in [-0.2, 0) is 13.0 Å². The Kier molecular flexibility index (Phi) is 3.63. The molecule has 2 heterocycles. The Morgan fingerprint density at radius 2 is 2.14 bits per heavy atom. The maximum Gasteiger partial charge on any atom is 0.214 e. The Bertz CT molecular complexity index is 797. The Morgan fingerprint density at radius 3 is 2.81 bits per heavy atom. The number of fused-ring (bicyclic) bond motifs is 1. The number of aryl methyl sites for hydroxylation is 2. The van der Waals surface area contributed by atoms with Gasteiger partial charge in [-0.2, -0.15) is 0 Å². The molecule has 0 aliphatic heterocycles. The number of aromatic nitrogens is 3. The summed E-state index contributed by atoms with van der Waals surface area (Å²) in [5.74, 6) is 0.682. The Hall–Kier alpha value is -1.95. The summed E-state index contributed by atoms with van der Waals surface area (Å²) in [5.41, 5.74) is 0.489. The number of benzene rings is 1. The molecular weight excluding hydrogens is 300 g/mol. The van der Waals surface area contributed by atoms with E-state index in [1.54, 1.807) is 17.7 Å². The van der Waals surface area contributed by atoms with Crippen molar-refractivity contribution in [3.63, 3.8) is 0 Å². The van der Waals surface area contributed by atoms with E-state index in [0.29, 0.717) is 35.3 Å². The summed E-state index contributed by atoms with van der Waals surface area (Å²) in [6.45, 7) is 2.03. The van der Waals surface area contributed by atoms with Gasteiger partial charge < -0.3 is 8.98 Å². The Labute approximate surface area is 124 Å². The molecule has 0 saturated carbocycles. The quantitative estimate of drug-likeness (QED) is 0.693. The SMILES string of the molecule is Cc1cnc(Cn2c(CCCl)nc3c(F)cc(F)cc32)o1. The van der Waals surface area contributed by atoms with Crippen LogP contribution in [0, 0.1) is 18.6 Å². The lowest BCUT2D eigenvalue weighted by Gasteiger charge is -2.05. The van der Waals surface area contributed by atoms with Crippen LogP contribution < -0.4 is 0 Å². The van der Waals surface area contributed by atoms with Gasteiger partial charge in [0.05, 0.1) is 11.7 Å². The van der Waals surface area contributed by atoms with Gasteiger partial charge in [0.15, 0.2) is 5.82 Å². The fourth-order valence-corrected chi connectivity index (χ4v) is 2.43. The van der Waals surface area contributed by atoms with E-state index in [2.05, 4.69) is 9.97 Å². The van der Waals surface area contributed by atoms with Gasteiger partial charge >= 0.3 is 0 Å². The average molecular weight is 312 g/mol. The number of hydrogen-bond donors (Lipinski definition) is 0. The molecule has 0 saturated heterocycles. The monoisotopic (exact) mass is 311 g/mol. The largest absolute Gasteiger partial charge is 0.444 e. The summed E-state index contributed by atoms with van der Waals surface area (Å²) in [5, 5.41) is 0. The lowest BCUT2D eigenvalue weighted by Crippen LogP contribution is -2.06. The Balaban J connectivity index is 2.15. The highest BCUT2D eigenvalue weighted by Gasteiger charge is 2.17. The van der Waals surface area contributed by atoms with Crippen LogP contribution in [0.3, 0.4) is 0 Å². The number of hydrogen-bond acceptors (Lipinski definition) is 3. The van der Waals surface area contributed by atoms with Crippen molar-refractivity contribution >= 4 is 22.6 Å². The minimum atomic E-state index is -0.692. The van der Waals surface area contributed by atoms with E-state index in [1.807, 2.05) is 0 Å². The molecular formula is C14H12ClF2N3O. The molecule has 3 rings (SSSR count). The maximum atomic E-state index is 13.8. The van der Waals surface area contributed by atoms with Crippen molar-refractivity contribution in [3.8, 4) is 0 Å². The van der Waals surface area contributed by atoms with E-state index in [9.17, 15) is 8.78 Å². The molecule has 0 spiro atoms. The van der Waals surface area contributed by atoms with E-state index in [1.165, 1.54) is 6.07 Å². The van der Waals surface area contributed by atoms with E-state index >= 15 is 0 Å². The van der Waals surface area contributed by atoms with Crippen molar-refractivity contribution in [2.24, 2.45) is 0 Å². The van der Waals surface area contributed by atoms with Crippen LogP contribution in [0.2, 0.25) is 0 Å². The lowest BCUT2D eigenvalue weighted by molar-refractivity contribution is 0.456. The number of alkyl halides is 1. The van der Waals surface area contributed by atoms with Crippen LogP contribution in [0.5, 0.6) is 0 Å². The normalized spacial score (nSPS) is 11.4. The van der Waals surface area contributed by atoms with Gasteiger partial charge in [-0.25, -0.2) is 18.7 Å². The number of imidazole rings is 1. The summed E-state index contributed by atoms with van der Waals surface area (Å²) in [7, 11) is 0. The smallest absolute Gasteiger partial charge is 0.214 e. The molecule has 0 aliphatic rings. The molecule has 0 radical (unpaired) electrons. The van der Waals surface area contributed by atoms with Crippen LogP contribution in [0.1, 0.15) is 17.5 Å². The van der Waals surface area contributed by atoms with Crippen molar-refractivity contribution in [3.05, 3.63) is 47.4 Å². The van der Waals surface area contributed by atoms with Gasteiger partial charge in [0.25, 0.3) is 0 Å². The maximum absolute atomic E-state index is 13.8. The minimum absolute atomic E-state index is 0.125. The predicted octanol–water partition coefficient (Wildman–Crippen LogP) is 3.44. The average Bonchev–Trinajstić information content (AvgIpc) is 2.97. The molecule has 0 atom stereocenters. The zero-order valence-corrected chi connectivity index (χ0v) is 12.0. The molecule has 0 fully saturated rings. The predicted molar refractivity (Wildman–Crippen MR) is 74.4 cm³/mol. The highest BCUT2D eigenvalue weighted by atomic mass is 35.5. The van der Waals surface area contributed by atoms with Gasteiger partial charge in [0.1, 0.15) is 29.5 Å². The summed E-state index contributed by atoms with van der Waals surface area (Å²) < 4.78 is 34.4. The fraction of sp³-hybridized carbons (Fsp3) is 0.286. The van der Waals surface area contributed by atoms with Crippen molar-refractivity contribution in [2.45, 2.75) is 19.9 Å². The van der Waals surface area contributed by atoms with E-state index in [4.69, 9.17) is 16.0 Å². The number of halogens is 3. The van der Waals surface area contributed by atoms with Crippen molar-refractivity contribution in [1.29, 1.82) is 0 Å². The molecule has 7 heteroatoms. The summed E-state index contributed by atoms with van der Waals surface area (Å²) in [6.07, 6.45) is 2.04. The number of nitrogens with zero attached hydrogens (tertiary/aromatic N) is 3. The van der Waals surface area contributed by atoms with Crippen LogP contribution >= 0.6 is 11.6 Å². The molecule has 0 aliphatic carbocycles. The first-order valence-corrected chi connectivity index (χ1v) is 6.93. The fourth-order valence-electron chi connectivity index (χ4n) is 2.26. The van der Waals surface area contributed by atoms with Crippen molar-refractivity contribution in [1.82, 2.24) is 14.5 Å². The first-order chi connectivity index (χ1) is 10.1. The second-order valence-electron chi connectivity index (χ2n) is 4.67. The highest BCUT2D eigenvalue weighted by molar-refractivity contribution is 6.17. The second kappa shape index (κ2) is 5.44. The van der Waals surface area contributed by atoms with Gasteiger partial charge in [-0.3, -0.25) is 0 Å². The third-order valence-corrected chi connectivity index (χ3v) is 3.32. The molecule has 0 bridgehead atoms. The molecule has 1 aromatic carbocycles. The molecule has 110 valence electrons. The first-order valence-electron chi connectivity index (χ1n) is 6.40. The molecule has 3 aromatic rings. The van der Waals surface area contributed by atoms with Gasteiger partial charge in [0, 0.05) is 18.4 Å². The van der Waals surface area contributed by atoms with Crippen molar-refractivity contribution in [2.75, 3.05) is 5.88 Å². The van der Waals surface area contributed by atoms with E-state index < -0.39 is 11.6 Å². The first kappa shape index (κ1) is 14.0. The van der Waals surface area contributed by atoms with Gasteiger partial charge in [-0.05, 0) is 13.0 Å². The van der Waals surface area contributed by atoms with Crippen LogP contribution in [0.25, 0.3) is 11.0 Å². The number of oxazole rings is 1. The van der Waals surface area contributed by atoms with Crippen LogP contribution in [-0.4, -0.2) is 20.4 Å². The van der Waals surface area contributed by atoms with Gasteiger partial charge in [0.2, 0.25) is 5.89 Å². The van der Waals surface area contributed by atoms with E-state index in [-0.39, 0.29) is 12.1 Å². The molecule has 4 nitrogen and oxygen atoms in total. The standard InChI is InChI=1S/C14H12ClF2N3O/c1-8-6-18-13(21-8)7-20-11-5-9(16)4-10(17)14(11)19-12(20)2-3-15/h4-6H,2-3,7H2,1H3. The van der Waals surface area contributed by atoms with Gasteiger partial charge in [-0.1, -0.05) is 0 Å². The van der Waals surface area contributed by atoms with Crippen molar-refractivity contribution < 1.29 is 13.2 Å². The molecule has 0 unspecified atom stereocenters. The summed E-state index contributed by atoms with van der Waals surface area (Å²) >= 11 is 5.75. The zero-order chi connectivity index (χ0) is 15.0. The Morgan fingerprint density at radius 1 is 1.33 bits per heavy atom. The van der Waals surface area contributed by atoms with Gasteiger partial charge in [-0.15, -0.1) is 11.6 Å². The van der Waals surface area contributed by atoms with Crippen LogP contribution in [0.15, 0.2) is 22.7 Å². The zero-order valence-electron chi connectivity index (χ0n) is 11.2. The summed E-state index contributed by atoms with van der Waals surface area (Å²) in [6, 6.07) is 2.07. The third kappa shape index (κ3) is 2.63.